The molecule has 0 spiro atoms. The lowest BCUT2D eigenvalue weighted by molar-refractivity contribution is -0.156. The van der Waals surface area contributed by atoms with Crippen LogP contribution in [0.15, 0.2) is 0 Å². The van der Waals surface area contributed by atoms with E-state index < -0.39 is 24.6 Å². The fourth-order valence-corrected chi connectivity index (χ4v) is 1.20. The smallest absolute Gasteiger partial charge is 0.306 e. The van der Waals surface area contributed by atoms with Gasteiger partial charge >= 0.3 is 5.97 Å². The summed E-state index contributed by atoms with van der Waals surface area (Å²) in [5.74, 6) is -1.03. The highest BCUT2D eigenvalue weighted by Gasteiger charge is 2.40. The van der Waals surface area contributed by atoms with E-state index in [-0.39, 0.29) is 6.42 Å². The van der Waals surface area contributed by atoms with E-state index in [1.807, 2.05) is 0 Å². The van der Waals surface area contributed by atoms with E-state index in [4.69, 9.17) is 9.84 Å². The molecule has 1 heterocycles. The Morgan fingerprint density at radius 2 is 2.23 bits per heavy atom. The molecule has 76 valence electrons. The maximum Gasteiger partial charge on any atom is 0.306 e. The average molecular weight is 195 g/mol. The molecule has 0 bridgehead atoms. The van der Waals surface area contributed by atoms with E-state index in [0.29, 0.717) is 13.1 Å². The first-order chi connectivity index (χ1) is 6.04. The number of aliphatic carboxylic acids is 1. The zero-order chi connectivity index (χ0) is 9.90. The molecule has 0 aromatic rings. The van der Waals surface area contributed by atoms with Crippen molar-refractivity contribution in [3.63, 3.8) is 0 Å². The molecule has 1 fully saturated rings. The number of ether oxygens (including phenoxy) is 1. The van der Waals surface area contributed by atoms with Gasteiger partial charge in [0.1, 0.15) is 12.2 Å². The topological polar surface area (TPSA) is 58.6 Å². The second-order valence-corrected chi connectivity index (χ2v) is 3.06. The Morgan fingerprint density at radius 3 is 2.54 bits per heavy atom. The standard InChI is InChI=1S/C7H11F2NO3/c8-5(9)2-13-7(1-6(11)12)3-10-4-7/h5,10H,1-4H2,(H,11,12). The largest absolute Gasteiger partial charge is 0.481 e. The predicted molar refractivity (Wildman–Crippen MR) is 39.8 cm³/mol. The Bertz CT molecular complexity index is 194. The van der Waals surface area contributed by atoms with Crippen LogP contribution in [0.2, 0.25) is 0 Å². The lowest BCUT2D eigenvalue weighted by atomic mass is 9.93. The number of alkyl halides is 2. The van der Waals surface area contributed by atoms with Crippen LogP contribution in [0.4, 0.5) is 8.78 Å². The van der Waals surface area contributed by atoms with Gasteiger partial charge in [-0.1, -0.05) is 0 Å². The Morgan fingerprint density at radius 1 is 1.62 bits per heavy atom. The molecular formula is C7H11F2NO3. The van der Waals surface area contributed by atoms with Gasteiger partial charge in [-0.2, -0.15) is 0 Å². The number of hydrogen-bond donors (Lipinski definition) is 2. The van der Waals surface area contributed by atoms with Crippen LogP contribution in [0.5, 0.6) is 0 Å². The molecular weight excluding hydrogens is 184 g/mol. The molecule has 6 heteroatoms. The molecule has 0 unspecified atom stereocenters. The van der Waals surface area contributed by atoms with Gasteiger partial charge in [-0.25, -0.2) is 8.78 Å². The van der Waals surface area contributed by atoms with Gasteiger partial charge in [-0.05, 0) is 0 Å². The van der Waals surface area contributed by atoms with Gasteiger partial charge in [-0.15, -0.1) is 0 Å². The lowest BCUT2D eigenvalue weighted by Gasteiger charge is -2.41. The summed E-state index contributed by atoms with van der Waals surface area (Å²) in [5.41, 5.74) is -0.914. The van der Waals surface area contributed by atoms with E-state index >= 15 is 0 Å². The van der Waals surface area contributed by atoms with Crippen molar-refractivity contribution in [3.8, 4) is 0 Å². The maximum absolute atomic E-state index is 11.8. The second kappa shape index (κ2) is 3.97. The molecule has 0 amide bonds. The normalized spacial score (nSPS) is 19.9. The van der Waals surface area contributed by atoms with Gasteiger partial charge in [-0.3, -0.25) is 4.79 Å². The summed E-state index contributed by atoms with van der Waals surface area (Å²) in [6, 6.07) is 0. The zero-order valence-corrected chi connectivity index (χ0v) is 6.93. The van der Waals surface area contributed by atoms with Gasteiger partial charge in [0, 0.05) is 13.1 Å². The highest BCUT2D eigenvalue weighted by Crippen LogP contribution is 2.21. The van der Waals surface area contributed by atoms with Crippen LogP contribution in [-0.4, -0.2) is 42.8 Å². The first kappa shape index (κ1) is 10.3. The highest BCUT2D eigenvalue weighted by atomic mass is 19.3. The van der Waals surface area contributed by atoms with Crippen molar-refractivity contribution in [1.82, 2.24) is 5.32 Å². The van der Waals surface area contributed by atoms with Crippen molar-refractivity contribution in [2.75, 3.05) is 19.7 Å². The first-order valence-electron chi connectivity index (χ1n) is 3.89. The van der Waals surface area contributed by atoms with Crippen LogP contribution in [0.3, 0.4) is 0 Å². The molecule has 13 heavy (non-hydrogen) atoms. The summed E-state index contributed by atoms with van der Waals surface area (Å²) >= 11 is 0. The Balaban J connectivity index is 2.36. The number of rotatable bonds is 5. The van der Waals surface area contributed by atoms with Gasteiger partial charge in [0.15, 0.2) is 0 Å². The number of carbonyl (C=O) groups is 1. The van der Waals surface area contributed by atoms with Gasteiger partial charge < -0.3 is 15.2 Å². The molecule has 0 radical (unpaired) electrons. The molecule has 0 atom stereocenters. The van der Waals surface area contributed by atoms with Crippen LogP contribution in [0.25, 0.3) is 0 Å². The third-order valence-electron chi connectivity index (χ3n) is 1.88. The minimum absolute atomic E-state index is 0.229. The molecule has 0 aliphatic carbocycles. The van der Waals surface area contributed by atoms with Crippen molar-refractivity contribution < 1.29 is 23.4 Å². The van der Waals surface area contributed by atoms with Gasteiger partial charge in [0.05, 0.1) is 6.42 Å². The van der Waals surface area contributed by atoms with E-state index in [1.165, 1.54) is 0 Å². The van der Waals surface area contributed by atoms with E-state index in [0.717, 1.165) is 0 Å². The molecule has 1 aliphatic heterocycles. The van der Waals surface area contributed by atoms with Crippen LogP contribution in [0, 0.1) is 0 Å². The summed E-state index contributed by atoms with van der Waals surface area (Å²) < 4.78 is 28.4. The molecule has 4 nitrogen and oxygen atoms in total. The molecule has 0 aromatic heterocycles. The third-order valence-corrected chi connectivity index (χ3v) is 1.88. The second-order valence-electron chi connectivity index (χ2n) is 3.06. The minimum atomic E-state index is -2.55. The molecule has 1 saturated heterocycles. The molecule has 0 saturated carbocycles. The Labute approximate surface area is 73.9 Å². The SMILES string of the molecule is O=C(O)CC1(OCC(F)F)CNC1. The van der Waals surface area contributed by atoms with Crippen molar-refractivity contribution in [2.24, 2.45) is 0 Å². The fourth-order valence-electron chi connectivity index (χ4n) is 1.20. The molecule has 1 aliphatic rings. The highest BCUT2D eigenvalue weighted by molar-refractivity contribution is 5.68. The van der Waals surface area contributed by atoms with E-state index in [2.05, 4.69) is 5.32 Å². The summed E-state index contributed by atoms with van der Waals surface area (Å²) in [5, 5.41) is 11.3. The Kier molecular flexibility index (Phi) is 3.16. The Hall–Kier alpha value is -0.750. The van der Waals surface area contributed by atoms with Gasteiger partial charge in [0.25, 0.3) is 6.43 Å². The maximum atomic E-state index is 11.8. The van der Waals surface area contributed by atoms with Crippen LogP contribution < -0.4 is 5.32 Å². The number of carboxylic acids is 1. The minimum Gasteiger partial charge on any atom is -0.481 e. The quantitative estimate of drug-likeness (QED) is 0.652. The van der Waals surface area contributed by atoms with E-state index in [9.17, 15) is 13.6 Å². The van der Waals surface area contributed by atoms with Crippen molar-refractivity contribution in [3.05, 3.63) is 0 Å². The van der Waals surface area contributed by atoms with E-state index in [1.54, 1.807) is 0 Å². The average Bonchev–Trinajstić information content (AvgIpc) is 1.93. The van der Waals surface area contributed by atoms with Gasteiger partial charge in [0.2, 0.25) is 0 Å². The predicted octanol–water partition coefficient (Wildman–Crippen LogP) is 0.0848. The number of halogens is 2. The first-order valence-corrected chi connectivity index (χ1v) is 3.89. The van der Waals surface area contributed by atoms with Crippen molar-refractivity contribution in [1.29, 1.82) is 0 Å². The molecule has 1 rings (SSSR count). The van der Waals surface area contributed by atoms with Crippen LogP contribution >= 0.6 is 0 Å². The lowest BCUT2D eigenvalue weighted by Crippen LogP contribution is -2.62. The monoisotopic (exact) mass is 195 g/mol. The third kappa shape index (κ3) is 2.89. The molecule has 0 aromatic carbocycles. The van der Waals surface area contributed by atoms with Crippen LogP contribution in [0.1, 0.15) is 6.42 Å². The zero-order valence-electron chi connectivity index (χ0n) is 6.93. The summed E-state index contributed by atoms with van der Waals surface area (Å²) in [7, 11) is 0. The number of nitrogens with one attached hydrogen (secondary N) is 1. The molecule has 2 N–H and O–H groups in total. The van der Waals surface area contributed by atoms with Crippen molar-refractivity contribution >= 4 is 5.97 Å². The summed E-state index contributed by atoms with van der Waals surface area (Å²) in [6.45, 7) is -0.0486. The number of carboxylic acid groups (broad SMARTS) is 1. The summed E-state index contributed by atoms with van der Waals surface area (Å²) in [6.07, 6.45) is -2.78. The fraction of sp³-hybridized carbons (Fsp3) is 0.857. The summed E-state index contributed by atoms with van der Waals surface area (Å²) in [4.78, 5) is 10.4. The van der Waals surface area contributed by atoms with Crippen LogP contribution in [-0.2, 0) is 9.53 Å². The number of hydrogen-bond acceptors (Lipinski definition) is 3. The van der Waals surface area contributed by atoms with Crippen molar-refractivity contribution in [2.45, 2.75) is 18.4 Å².